The first-order chi connectivity index (χ1) is 10.0. The van der Waals surface area contributed by atoms with Crippen LogP contribution in [0, 0.1) is 13.8 Å². The molecule has 0 aromatic carbocycles. The van der Waals surface area contributed by atoms with Gasteiger partial charge in [-0.2, -0.15) is 5.10 Å². The number of nitrogens with zero attached hydrogens (tertiary/aromatic N) is 4. The van der Waals surface area contributed by atoms with Crippen LogP contribution in [0.15, 0.2) is 12.3 Å². The first-order valence-corrected chi connectivity index (χ1v) is 7.20. The monoisotopic (exact) mass is 286 g/mol. The summed E-state index contributed by atoms with van der Waals surface area (Å²) in [6.45, 7) is 3.77. The average molecular weight is 286 g/mol. The van der Waals surface area contributed by atoms with Crippen LogP contribution in [0.1, 0.15) is 59.0 Å². The Morgan fingerprint density at radius 3 is 2.43 bits per heavy atom. The van der Waals surface area contributed by atoms with Crippen LogP contribution in [0.25, 0.3) is 5.95 Å². The minimum Gasteiger partial charge on any atom is -0.478 e. The largest absolute Gasteiger partial charge is 0.478 e. The number of carboxylic acid groups (broad SMARTS) is 1. The van der Waals surface area contributed by atoms with Gasteiger partial charge < -0.3 is 5.11 Å². The van der Waals surface area contributed by atoms with E-state index in [0.717, 1.165) is 37.1 Å². The highest BCUT2D eigenvalue weighted by atomic mass is 16.4. The van der Waals surface area contributed by atoms with Crippen molar-refractivity contribution in [3.05, 3.63) is 34.9 Å². The summed E-state index contributed by atoms with van der Waals surface area (Å²) < 4.78 is 1.50. The van der Waals surface area contributed by atoms with Gasteiger partial charge in [-0.3, -0.25) is 0 Å². The van der Waals surface area contributed by atoms with E-state index in [1.165, 1.54) is 10.9 Å². The summed E-state index contributed by atoms with van der Waals surface area (Å²) in [4.78, 5) is 20.1. The van der Waals surface area contributed by atoms with Crippen molar-refractivity contribution >= 4 is 5.97 Å². The number of hydrogen-bond acceptors (Lipinski definition) is 4. The van der Waals surface area contributed by atoms with Gasteiger partial charge in [0.05, 0.1) is 5.69 Å². The molecule has 0 atom stereocenters. The molecule has 0 radical (unpaired) electrons. The molecule has 0 saturated heterocycles. The number of carbonyl (C=O) groups is 1. The molecule has 21 heavy (non-hydrogen) atoms. The predicted molar refractivity (Wildman–Crippen MR) is 76.8 cm³/mol. The summed E-state index contributed by atoms with van der Waals surface area (Å²) in [5.74, 6) is -0.268. The SMILES string of the molecule is Cc1cc(C)nc(-n2cc(C(=O)O)c(C3CCCC3)n2)n1. The molecule has 1 fully saturated rings. The second kappa shape index (κ2) is 5.27. The standard InChI is InChI=1S/C15H18N4O2/c1-9-7-10(2)17-15(16-9)19-8-12(14(20)21)13(18-19)11-5-3-4-6-11/h7-8,11H,3-6H2,1-2H3,(H,20,21). The topological polar surface area (TPSA) is 80.9 Å². The number of rotatable bonds is 3. The highest BCUT2D eigenvalue weighted by Crippen LogP contribution is 2.35. The summed E-state index contributed by atoms with van der Waals surface area (Å²) in [6, 6.07) is 1.88. The fourth-order valence-electron chi connectivity index (χ4n) is 2.97. The molecule has 2 heterocycles. The predicted octanol–water partition coefficient (Wildman–Crippen LogP) is 2.63. The van der Waals surface area contributed by atoms with Crippen LogP contribution in [0.4, 0.5) is 0 Å². The molecule has 0 amide bonds. The van der Waals surface area contributed by atoms with E-state index >= 15 is 0 Å². The second-order valence-electron chi connectivity index (χ2n) is 5.61. The molecule has 6 heteroatoms. The third-order valence-electron chi connectivity index (χ3n) is 3.89. The number of aryl methyl sites for hydroxylation is 2. The third kappa shape index (κ3) is 2.66. The van der Waals surface area contributed by atoms with Crippen LogP contribution in [-0.2, 0) is 0 Å². The van der Waals surface area contributed by atoms with Gasteiger partial charge in [-0.25, -0.2) is 19.4 Å². The molecule has 6 nitrogen and oxygen atoms in total. The molecule has 1 saturated carbocycles. The maximum atomic E-state index is 11.5. The Hall–Kier alpha value is -2.24. The maximum Gasteiger partial charge on any atom is 0.339 e. The molecule has 0 unspecified atom stereocenters. The van der Waals surface area contributed by atoms with Crippen LogP contribution in [0.3, 0.4) is 0 Å². The lowest BCUT2D eigenvalue weighted by Crippen LogP contribution is -2.05. The van der Waals surface area contributed by atoms with Crippen molar-refractivity contribution in [3.8, 4) is 5.95 Å². The van der Waals surface area contributed by atoms with Gasteiger partial charge in [0.15, 0.2) is 0 Å². The van der Waals surface area contributed by atoms with Gasteiger partial charge in [0.25, 0.3) is 5.95 Å². The molecule has 1 N–H and O–H groups in total. The fourth-order valence-corrected chi connectivity index (χ4v) is 2.97. The van der Waals surface area contributed by atoms with Crippen molar-refractivity contribution < 1.29 is 9.90 Å². The zero-order chi connectivity index (χ0) is 15.0. The second-order valence-corrected chi connectivity index (χ2v) is 5.61. The van der Waals surface area contributed by atoms with Gasteiger partial charge in [0.2, 0.25) is 0 Å². The number of carboxylic acids is 1. The van der Waals surface area contributed by atoms with Gasteiger partial charge in [-0.05, 0) is 32.8 Å². The first kappa shape index (κ1) is 13.7. The molecular weight excluding hydrogens is 268 g/mol. The van der Waals surface area contributed by atoms with Gasteiger partial charge in [-0.15, -0.1) is 0 Å². The minimum atomic E-state index is -0.937. The van der Waals surface area contributed by atoms with Crippen LogP contribution < -0.4 is 0 Å². The van der Waals surface area contributed by atoms with E-state index in [9.17, 15) is 9.90 Å². The fraction of sp³-hybridized carbons (Fsp3) is 0.467. The molecule has 0 bridgehead atoms. The maximum absolute atomic E-state index is 11.5. The molecular formula is C15H18N4O2. The Balaban J connectivity index is 2.07. The molecule has 0 spiro atoms. The number of hydrogen-bond donors (Lipinski definition) is 1. The summed E-state index contributed by atoms with van der Waals surface area (Å²) in [6.07, 6.45) is 5.81. The van der Waals surface area contributed by atoms with Crippen molar-refractivity contribution in [1.29, 1.82) is 0 Å². The molecule has 1 aliphatic rings. The van der Waals surface area contributed by atoms with E-state index in [1.807, 2.05) is 19.9 Å². The van der Waals surface area contributed by atoms with Crippen molar-refractivity contribution in [3.63, 3.8) is 0 Å². The third-order valence-corrected chi connectivity index (χ3v) is 3.89. The Kier molecular flexibility index (Phi) is 3.45. The molecule has 3 rings (SSSR count). The number of aromatic nitrogens is 4. The molecule has 1 aliphatic carbocycles. The Morgan fingerprint density at radius 2 is 1.86 bits per heavy atom. The van der Waals surface area contributed by atoms with Gasteiger partial charge >= 0.3 is 5.97 Å². The van der Waals surface area contributed by atoms with Crippen molar-refractivity contribution in [1.82, 2.24) is 19.7 Å². The van der Waals surface area contributed by atoms with Crippen molar-refractivity contribution in [2.45, 2.75) is 45.4 Å². The summed E-state index contributed by atoms with van der Waals surface area (Å²) in [5.41, 5.74) is 2.62. The van der Waals surface area contributed by atoms with Crippen LogP contribution in [-0.4, -0.2) is 30.8 Å². The Bertz CT molecular complexity index is 667. The normalized spacial score (nSPS) is 15.5. The van der Waals surface area contributed by atoms with Gasteiger partial charge in [-0.1, -0.05) is 12.8 Å². The van der Waals surface area contributed by atoms with E-state index in [4.69, 9.17) is 0 Å². The highest BCUT2D eigenvalue weighted by Gasteiger charge is 2.26. The Labute approximate surface area is 122 Å². The molecule has 110 valence electrons. The van der Waals surface area contributed by atoms with E-state index in [-0.39, 0.29) is 11.5 Å². The number of aromatic carboxylic acids is 1. The average Bonchev–Trinajstić information content (AvgIpc) is 3.06. The lowest BCUT2D eigenvalue weighted by molar-refractivity contribution is 0.0695. The lowest BCUT2D eigenvalue weighted by Gasteiger charge is -2.06. The van der Waals surface area contributed by atoms with Gasteiger partial charge in [0, 0.05) is 23.5 Å². The van der Waals surface area contributed by atoms with E-state index in [1.54, 1.807) is 0 Å². The van der Waals surface area contributed by atoms with Crippen molar-refractivity contribution in [2.75, 3.05) is 0 Å². The van der Waals surface area contributed by atoms with Crippen LogP contribution in [0.2, 0.25) is 0 Å². The zero-order valence-corrected chi connectivity index (χ0v) is 12.2. The Morgan fingerprint density at radius 1 is 1.24 bits per heavy atom. The van der Waals surface area contributed by atoms with Gasteiger partial charge in [0.1, 0.15) is 5.56 Å². The van der Waals surface area contributed by atoms with E-state index in [0.29, 0.717) is 11.6 Å². The van der Waals surface area contributed by atoms with Crippen LogP contribution >= 0.6 is 0 Å². The van der Waals surface area contributed by atoms with E-state index < -0.39 is 5.97 Å². The zero-order valence-electron chi connectivity index (χ0n) is 12.2. The summed E-state index contributed by atoms with van der Waals surface area (Å²) in [7, 11) is 0. The smallest absolute Gasteiger partial charge is 0.339 e. The summed E-state index contributed by atoms with van der Waals surface area (Å²) in [5, 5.41) is 13.9. The lowest BCUT2D eigenvalue weighted by atomic mass is 10.0. The van der Waals surface area contributed by atoms with Crippen LogP contribution in [0.5, 0.6) is 0 Å². The van der Waals surface area contributed by atoms with E-state index in [2.05, 4.69) is 15.1 Å². The first-order valence-electron chi connectivity index (χ1n) is 7.20. The minimum absolute atomic E-state index is 0.239. The van der Waals surface area contributed by atoms with Crippen molar-refractivity contribution in [2.24, 2.45) is 0 Å². The quantitative estimate of drug-likeness (QED) is 0.938. The molecule has 2 aromatic rings. The summed E-state index contributed by atoms with van der Waals surface area (Å²) >= 11 is 0. The highest BCUT2D eigenvalue weighted by molar-refractivity contribution is 5.89. The molecule has 0 aliphatic heterocycles. The molecule has 2 aromatic heterocycles.